The standard InChI is InChI=1S/C13H14N2O3/c1-17-11-5-3-10(4-6-11)9-15-8-7-14-12(18-2)13(15)16/h3-8H,9H2,1-2H3. The second-order valence-electron chi connectivity index (χ2n) is 3.72. The number of methoxy groups -OCH3 is 2. The summed E-state index contributed by atoms with van der Waals surface area (Å²) in [6.45, 7) is 0.474. The second-order valence-corrected chi connectivity index (χ2v) is 3.72. The Bertz CT molecular complexity index is 576. The Hall–Kier alpha value is -2.30. The first kappa shape index (κ1) is 12.2. The first-order valence-corrected chi connectivity index (χ1v) is 5.47. The molecule has 5 nitrogen and oxygen atoms in total. The van der Waals surface area contributed by atoms with Gasteiger partial charge in [0, 0.05) is 12.4 Å². The highest BCUT2D eigenvalue weighted by Gasteiger charge is 2.04. The zero-order chi connectivity index (χ0) is 13.0. The maximum Gasteiger partial charge on any atom is 0.313 e. The summed E-state index contributed by atoms with van der Waals surface area (Å²) in [7, 11) is 3.05. The van der Waals surface area contributed by atoms with Gasteiger partial charge in [0.05, 0.1) is 20.8 Å². The van der Waals surface area contributed by atoms with Gasteiger partial charge in [-0.25, -0.2) is 4.98 Å². The first-order valence-electron chi connectivity index (χ1n) is 5.47. The molecule has 94 valence electrons. The van der Waals surface area contributed by atoms with Gasteiger partial charge in [0.15, 0.2) is 0 Å². The highest BCUT2D eigenvalue weighted by atomic mass is 16.5. The molecule has 1 aromatic carbocycles. The number of benzene rings is 1. The maximum absolute atomic E-state index is 11.9. The quantitative estimate of drug-likeness (QED) is 0.816. The Morgan fingerprint density at radius 1 is 1.17 bits per heavy atom. The van der Waals surface area contributed by atoms with E-state index in [-0.39, 0.29) is 11.4 Å². The summed E-state index contributed by atoms with van der Waals surface area (Å²) in [4.78, 5) is 15.7. The minimum atomic E-state index is -0.240. The van der Waals surface area contributed by atoms with Crippen molar-refractivity contribution in [2.75, 3.05) is 14.2 Å². The lowest BCUT2D eigenvalue weighted by atomic mass is 10.2. The molecule has 5 heteroatoms. The van der Waals surface area contributed by atoms with Crippen LogP contribution in [-0.2, 0) is 6.54 Å². The van der Waals surface area contributed by atoms with Crippen LogP contribution >= 0.6 is 0 Å². The van der Waals surface area contributed by atoms with Crippen LogP contribution in [0.15, 0.2) is 41.5 Å². The van der Waals surface area contributed by atoms with Crippen LogP contribution in [0.25, 0.3) is 0 Å². The Kier molecular flexibility index (Phi) is 3.62. The maximum atomic E-state index is 11.9. The number of ether oxygens (including phenoxy) is 2. The van der Waals surface area contributed by atoms with Gasteiger partial charge < -0.3 is 14.0 Å². The zero-order valence-electron chi connectivity index (χ0n) is 10.3. The van der Waals surface area contributed by atoms with Gasteiger partial charge in [-0.05, 0) is 17.7 Å². The number of hydrogen-bond donors (Lipinski definition) is 0. The highest BCUT2D eigenvalue weighted by Crippen LogP contribution is 2.11. The van der Waals surface area contributed by atoms with E-state index in [0.29, 0.717) is 6.54 Å². The van der Waals surface area contributed by atoms with Crippen LogP contribution in [0, 0.1) is 0 Å². The molecule has 2 aromatic rings. The Morgan fingerprint density at radius 3 is 2.50 bits per heavy atom. The molecule has 1 aromatic heterocycles. The van der Waals surface area contributed by atoms with Gasteiger partial charge in [0.2, 0.25) is 0 Å². The molecule has 1 heterocycles. The largest absolute Gasteiger partial charge is 0.497 e. The molecule has 0 N–H and O–H groups in total. The summed E-state index contributed by atoms with van der Waals surface area (Å²) in [6.07, 6.45) is 3.18. The highest BCUT2D eigenvalue weighted by molar-refractivity contribution is 5.27. The average Bonchev–Trinajstić information content (AvgIpc) is 2.42. The predicted molar refractivity (Wildman–Crippen MR) is 67.1 cm³/mol. The zero-order valence-corrected chi connectivity index (χ0v) is 10.3. The Balaban J connectivity index is 2.25. The summed E-state index contributed by atoms with van der Waals surface area (Å²) < 4.78 is 11.5. The van der Waals surface area contributed by atoms with E-state index < -0.39 is 0 Å². The van der Waals surface area contributed by atoms with Gasteiger partial charge in [0.25, 0.3) is 5.88 Å². The van der Waals surface area contributed by atoms with Gasteiger partial charge in [0.1, 0.15) is 5.75 Å². The lowest BCUT2D eigenvalue weighted by Crippen LogP contribution is -2.22. The molecule has 2 rings (SSSR count). The molecule has 0 fully saturated rings. The van der Waals surface area contributed by atoms with Crippen LogP contribution in [0.4, 0.5) is 0 Å². The fourth-order valence-electron chi connectivity index (χ4n) is 1.62. The molecule has 18 heavy (non-hydrogen) atoms. The van der Waals surface area contributed by atoms with E-state index in [1.165, 1.54) is 7.11 Å². The minimum Gasteiger partial charge on any atom is -0.497 e. The number of hydrogen-bond acceptors (Lipinski definition) is 4. The number of aromatic nitrogens is 2. The molecule has 0 aliphatic heterocycles. The van der Waals surface area contributed by atoms with Crippen LogP contribution in [-0.4, -0.2) is 23.8 Å². The number of rotatable bonds is 4. The van der Waals surface area contributed by atoms with Gasteiger partial charge in [-0.1, -0.05) is 12.1 Å². The molecule has 0 aliphatic carbocycles. The summed E-state index contributed by atoms with van der Waals surface area (Å²) in [5.74, 6) is 0.893. The van der Waals surface area contributed by atoms with E-state index in [1.807, 2.05) is 24.3 Å². The van der Waals surface area contributed by atoms with E-state index in [4.69, 9.17) is 9.47 Å². The fourth-order valence-corrected chi connectivity index (χ4v) is 1.62. The average molecular weight is 246 g/mol. The fraction of sp³-hybridized carbons (Fsp3) is 0.231. The summed E-state index contributed by atoms with van der Waals surface area (Å²) in [5.41, 5.74) is 0.766. The van der Waals surface area contributed by atoms with Crippen molar-refractivity contribution in [3.63, 3.8) is 0 Å². The van der Waals surface area contributed by atoms with E-state index in [2.05, 4.69) is 4.98 Å². The van der Waals surface area contributed by atoms with Crippen molar-refractivity contribution in [2.24, 2.45) is 0 Å². The van der Waals surface area contributed by atoms with Crippen molar-refractivity contribution in [3.05, 3.63) is 52.6 Å². The molecule has 0 saturated heterocycles. The Labute approximate surface area is 105 Å². The second kappa shape index (κ2) is 5.35. The molecular weight excluding hydrogens is 232 g/mol. The van der Waals surface area contributed by atoms with Crippen LogP contribution in [0.1, 0.15) is 5.56 Å². The molecule has 0 bridgehead atoms. The SMILES string of the molecule is COc1ccc(Cn2ccnc(OC)c2=O)cc1. The molecule has 0 unspecified atom stereocenters. The van der Waals surface area contributed by atoms with Gasteiger partial charge in [-0.3, -0.25) is 4.79 Å². The van der Waals surface area contributed by atoms with Gasteiger partial charge in [-0.2, -0.15) is 0 Å². The van der Waals surface area contributed by atoms with Crippen LogP contribution in [0.2, 0.25) is 0 Å². The van der Waals surface area contributed by atoms with Crippen LogP contribution in [0.3, 0.4) is 0 Å². The van der Waals surface area contributed by atoms with Crippen molar-refractivity contribution < 1.29 is 9.47 Å². The Morgan fingerprint density at radius 2 is 1.89 bits per heavy atom. The van der Waals surface area contributed by atoms with Gasteiger partial charge >= 0.3 is 5.56 Å². The molecule has 0 amide bonds. The smallest absolute Gasteiger partial charge is 0.313 e. The first-order chi connectivity index (χ1) is 8.74. The third kappa shape index (κ3) is 2.51. The molecule has 0 atom stereocenters. The molecular formula is C13H14N2O3. The third-order valence-corrected chi connectivity index (χ3v) is 2.59. The van der Waals surface area contributed by atoms with Gasteiger partial charge in [-0.15, -0.1) is 0 Å². The van der Waals surface area contributed by atoms with Crippen molar-refractivity contribution in [3.8, 4) is 11.6 Å². The topological polar surface area (TPSA) is 53.4 Å². The monoisotopic (exact) mass is 246 g/mol. The van der Waals surface area contributed by atoms with Crippen molar-refractivity contribution in [2.45, 2.75) is 6.54 Å². The molecule has 0 radical (unpaired) electrons. The van der Waals surface area contributed by atoms with Crippen molar-refractivity contribution in [1.82, 2.24) is 9.55 Å². The van der Waals surface area contributed by atoms with Crippen LogP contribution in [0.5, 0.6) is 11.6 Å². The summed E-state index contributed by atoms with van der Waals surface area (Å²) in [5, 5.41) is 0. The molecule has 0 aliphatic rings. The predicted octanol–water partition coefficient (Wildman–Crippen LogP) is 1.31. The summed E-state index contributed by atoms with van der Waals surface area (Å²) >= 11 is 0. The lowest BCUT2D eigenvalue weighted by Gasteiger charge is -2.07. The van der Waals surface area contributed by atoms with Crippen molar-refractivity contribution >= 4 is 0 Å². The normalized spacial score (nSPS) is 10.1. The van der Waals surface area contributed by atoms with Crippen LogP contribution < -0.4 is 15.0 Å². The molecule has 0 saturated carbocycles. The van der Waals surface area contributed by atoms with E-state index in [1.54, 1.807) is 24.1 Å². The molecule has 0 spiro atoms. The van der Waals surface area contributed by atoms with Crippen molar-refractivity contribution in [1.29, 1.82) is 0 Å². The van der Waals surface area contributed by atoms with E-state index in [0.717, 1.165) is 11.3 Å². The van der Waals surface area contributed by atoms with E-state index in [9.17, 15) is 4.79 Å². The van der Waals surface area contributed by atoms with E-state index >= 15 is 0 Å². The summed E-state index contributed by atoms with van der Waals surface area (Å²) in [6, 6.07) is 7.55. The number of nitrogens with zero attached hydrogens (tertiary/aromatic N) is 2. The minimum absolute atomic E-state index is 0.103. The third-order valence-electron chi connectivity index (χ3n) is 2.59. The lowest BCUT2D eigenvalue weighted by molar-refractivity contribution is 0.385.